The molecule has 0 unspecified atom stereocenters. The number of hydrogen-bond acceptors (Lipinski definition) is 0. The van der Waals surface area contributed by atoms with Crippen molar-refractivity contribution < 1.29 is 0 Å². The van der Waals surface area contributed by atoms with E-state index in [0.29, 0.717) is 0 Å². The first-order valence-electron chi connectivity index (χ1n) is 4.55. The lowest BCUT2D eigenvalue weighted by atomic mass is 9.79. The van der Waals surface area contributed by atoms with Gasteiger partial charge >= 0.3 is 0 Å². The van der Waals surface area contributed by atoms with Crippen LogP contribution >= 0.6 is 0 Å². The van der Waals surface area contributed by atoms with Gasteiger partial charge < -0.3 is 0 Å². The fourth-order valence-corrected chi connectivity index (χ4v) is 2.70. The average molecular weight is 136 g/mol. The van der Waals surface area contributed by atoms with Crippen LogP contribution in [-0.2, 0) is 0 Å². The number of rotatable bonds is 0. The second kappa shape index (κ2) is 2.41. The van der Waals surface area contributed by atoms with E-state index in [1.165, 1.54) is 38.5 Å². The smallest absolute Gasteiger partial charge is 0.0178 e. The number of fused-ring (bicyclic) bond motifs is 1. The van der Waals surface area contributed by atoms with Crippen molar-refractivity contribution in [2.75, 3.05) is 0 Å². The molecule has 10 heavy (non-hydrogen) atoms. The largest absolute Gasteiger partial charge is 0.0996 e. The van der Waals surface area contributed by atoms with Gasteiger partial charge in [-0.1, -0.05) is 18.6 Å². The molecule has 0 N–H and O–H groups in total. The van der Waals surface area contributed by atoms with Crippen LogP contribution in [0, 0.1) is 11.8 Å². The fourth-order valence-electron chi connectivity index (χ4n) is 2.70. The van der Waals surface area contributed by atoms with E-state index < -0.39 is 0 Å². The minimum Gasteiger partial charge on any atom is -0.0996 e. The maximum Gasteiger partial charge on any atom is -0.0178 e. The Kier molecular flexibility index (Phi) is 1.55. The summed E-state index contributed by atoms with van der Waals surface area (Å²) in [4.78, 5) is 0. The third-order valence-electron chi connectivity index (χ3n) is 3.26. The zero-order valence-electron chi connectivity index (χ0n) is 6.60. The molecule has 0 aromatic rings. The van der Waals surface area contributed by atoms with E-state index in [4.69, 9.17) is 0 Å². The van der Waals surface area contributed by atoms with Crippen molar-refractivity contribution in [3.8, 4) is 0 Å². The SMILES string of the molecule is C=C1CCC[C@H]2CCC[C@@H]12. The Balaban J connectivity index is 2.10. The Morgan fingerprint density at radius 2 is 1.90 bits per heavy atom. The van der Waals surface area contributed by atoms with E-state index >= 15 is 0 Å². The molecule has 2 rings (SSSR count). The monoisotopic (exact) mass is 136 g/mol. The van der Waals surface area contributed by atoms with Crippen LogP contribution in [-0.4, -0.2) is 0 Å². The van der Waals surface area contributed by atoms with E-state index in [0.717, 1.165) is 11.8 Å². The molecule has 0 spiro atoms. The highest BCUT2D eigenvalue weighted by molar-refractivity contribution is 5.08. The Hall–Kier alpha value is -0.260. The zero-order valence-corrected chi connectivity index (χ0v) is 6.60. The molecule has 2 saturated carbocycles. The molecule has 0 amide bonds. The first-order chi connectivity index (χ1) is 4.88. The van der Waals surface area contributed by atoms with Crippen LogP contribution in [0.1, 0.15) is 38.5 Å². The van der Waals surface area contributed by atoms with Crippen molar-refractivity contribution in [3.05, 3.63) is 12.2 Å². The summed E-state index contributed by atoms with van der Waals surface area (Å²) < 4.78 is 0. The average Bonchev–Trinajstić information content (AvgIpc) is 2.36. The summed E-state index contributed by atoms with van der Waals surface area (Å²) in [7, 11) is 0. The van der Waals surface area contributed by atoms with Crippen molar-refractivity contribution >= 4 is 0 Å². The lowest BCUT2D eigenvalue weighted by Crippen LogP contribution is -2.15. The highest BCUT2D eigenvalue weighted by Crippen LogP contribution is 2.44. The van der Waals surface area contributed by atoms with Crippen LogP contribution in [0.5, 0.6) is 0 Å². The first-order valence-corrected chi connectivity index (χ1v) is 4.55. The van der Waals surface area contributed by atoms with E-state index in [1.807, 2.05) is 0 Å². The minimum atomic E-state index is 0.939. The Labute approximate surface area is 63.3 Å². The maximum atomic E-state index is 4.16. The van der Waals surface area contributed by atoms with Crippen LogP contribution in [0.2, 0.25) is 0 Å². The van der Waals surface area contributed by atoms with Crippen LogP contribution < -0.4 is 0 Å². The topological polar surface area (TPSA) is 0 Å². The quantitative estimate of drug-likeness (QED) is 0.449. The van der Waals surface area contributed by atoms with Crippen LogP contribution in [0.25, 0.3) is 0 Å². The summed E-state index contributed by atoms with van der Waals surface area (Å²) >= 11 is 0. The summed E-state index contributed by atoms with van der Waals surface area (Å²) in [6.45, 7) is 4.16. The van der Waals surface area contributed by atoms with Crippen LogP contribution in [0.3, 0.4) is 0 Å². The highest BCUT2D eigenvalue weighted by atomic mass is 14.4. The molecule has 0 heterocycles. The molecule has 0 radical (unpaired) electrons. The van der Waals surface area contributed by atoms with Gasteiger partial charge in [0.15, 0.2) is 0 Å². The van der Waals surface area contributed by atoms with Crippen molar-refractivity contribution in [1.29, 1.82) is 0 Å². The third-order valence-corrected chi connectivity index (χ3v) is 3.26. The van der Waals surface area contributed by atoms with Gasteiger partial charge in [-0.25, -0.2) is 0 Å². The molecule has 0 heteroatoms. The Morgan fingerprint density at radius 1 is 1.10 bits per heavy atom. The molecule has 0 bridgehead atoms. The summed E-state index contributed by atoms with van der Waals surface area (Å²) in [6, 6.07) is 0. The summed E-state index contributed by atoms with van der Waals surface area (Å²) in [5, 5.41) is 0. The summed E-state index contributed by atoms with van der Waals surface area (Å²) in [5.41, 5.74) is 1.56. The van der Waals surface area contributed by atoms with E-state index in [-0.39, 0.29) is 0 Å². The normalized spacial score (nSPS) is 39.8. The molecule has 2 aliphatic carbocycles. The van der Waals surface area contributed by atoms with Crippen molar-refractivity contribution in [2.24, 2.45) is 11.8 Å². The van der Waals surface area contributed by atoms with Gasteiger partial charge in [0.2, 0.25) is 0 Å². The molecular weight excluding hydrogens is 120 g/mol. The Morgan fingerprint density at radius 3 is 2.70 bits per heavy atom. The van der Waals surface area contributed by atoms with E-state index in [1.54, 1.807) is 5.57 Å². The van der Waals surface area contributed by atoms with Crippen LogP contribution in [0.15, 0.2) is 12.2 Å². The third kappa shape index (κ3) is 0.902. The Bertz CT molecular complexity index is 146. The predicted molar refractivity (Wildman–Crippen MR) is 43.8 cm³/mol. The molecule has 0 nitrogen and oxygen atoms in total. The summed E-state index contributed by atoms with van der Waals surface area (Å²) in [5.74, 6) is 1.98. The molecule has 0 aromatic heterocycles. The van der Waals surface area contributed by atoms with Gasteiger partial charge in [0, 0.05) is 0 Å². The standard InChI is InChI=1S/C10H16/c1-8-4-2-5-9-6-3-7-10(8)9/h9-10H,1-7H2/t9-,10-/m0/s1. The van der Waals surface area contributed by atoms with Crippen molar-refractivity contribution in [2.45, 2.75) is 38.5 Å². The predicted octanol–water partition coefficient (Wildman–Crippen LogP) is 3.14. The lowest BCUT2D eigenvalue weighted by Gasteiger charge is -2.27. The second-order valence-electron chi connectivity index (χ2n) is 3.85. The van der Waals surface area contributed by atoms with Gasteiger partial charge in [0.25, 0.3) is 0 Å². The van der Waals surface area contributed by atoms with Gasteiger partial charge in [-0.05, 0) is 43.9 Å². The first kappa shape index (κ1) is 6.45. The minimum absolute atomic E-state index is 0.939. The van der Waals surface area contributed by atoms with Gasteiger partial charge in [0.1, 0.15) is 0 Å². The second-order valence-corrected chi connectivity index (χ2v) is 3.85. The maximum absolute atomic E-state index is 4.16. The lowest BCUT2D eigenvalue weighted by molar-refractivity contribution is 0.350. The van der Waals surface area contributed by atoms with E-state index in [2.05, 4.69) is 6.58 Å². The molecule has 0 aliphatic heterocycles. The molecule has 0 aromatic carbocycles. The summed E-state index contributed by atoms with van der Waals surface area (Å²) in [6.07, 6.45) is 8.63. The van der Waals surface area contributed by atoms with Gasteiger partial charge in [-0.15, -0.1) is 0 Å². The molecule has 0 saturated heterocycles. The fraction of sp³-hybridized carbons (Fsp3) is 0.800. The molecule has 2 fully saturated rings. The van der Waals surface area contributed by atoms with E-state index in [9.17, 15) is 0 Å². The van der Waals surface area contributed by atoms with Gasteiger partial charge in [-0.3, -0.25) is 0 Å². The zero-order chi connectivity index (χ0) is 6.97. The number of hydrogen-bond donors (Lipinski definition) is 0. The molecule has 2 aliphatic rings. The van der Waals surface area contributed by atoms with Gasteiger partial charge in [-0.2, -0.15) is 0 Å². The van der Waals surface area contributed by atoms with Crippen LogP contribution in [0.4, 0.5) is 0 Å². The highest BCUT2D eigenvalue weighted by Gasteiger charge is 2.31. The molecule has 56 valence electrons. The molecular formula is C10H16. The molecule has 2 atom stereocenters. The van der Waals surface area contributed by atoms with Gasteiger partial charge in [0.05, 0.1) is 0 Å². The van der Waals surface area contributed by atoms with Crippen molar-refractivity contribution in [3.63, 3.8) is 0 Å². The number of allylic oxidation sites excluding steroid dienone is 1. The van der Waals surface area contributed by atoms with Crippen molar-refractivity contribution in [1.82, 2.24) is 0 Å².